The summed E-state index contributed by atoms with van der Waals surface area (Å²) in [6.45, 7) is 12.0. The molecule has 0 amide bonds. The molecule has 0 bridgehead atoms. The van der Waals surface area contributed by atoms with E-state index in [2.05, 4.69) is 31.4 Å². The Kier molecular flexibility index (Phi) is 2.82. The molecule has 0 N–H and O–H groups in total. The van der Waals surface area contributed by atoms with Crippen LogP contribution in [-0.4, -0.2) is 4.37 Å². The zero-order valence-corrected chi connectivity index (χ0v) is 8.32. The maximum absolute atomic E-state index is 4.11. The molecule has 1 nitrogen and oxygen atoms in total. The molecule has 0 spiro atoms. The van der Waals surface area contributed by atoms with Gasteiger partial charge < -0.3 is 0 Å². The molecule has 0 aliphatic carbocycles. The monoisotopic (exact) mass is 179 g/mol. The van der Waals surface area contributed by atoms with Crippen LogP contribution in [-0.2, 0) is 0 Å². The third kappa shape index (κ3) is 1.64. The molecular weight excluding hydrogens is 166 g/mol. The van der Waals surface area contributed by atoms with Gasteiger partial charge in [0.2, 0.25) is 0 Å². The van der Waals surface area contributed by atoms with E-state index in [0.29, 0.717) is 5.92 Å². The van der Waals surface area contributed by atoms with Crippen LogP contribution in [0.4, 0.5) is 0 Å². The summed E-state index contributed by atoms with van der Waals surface area (Å²) in [5.74, 6) is 0.476. The predicted molar refractivity (Wildman–Crippen MR) is 56.1 cm³/mol. The first-order valence-electron chi connectivity index (χ1n) is 3.93. The van der Waals surface area contributed by atoms with E-state index in [9.17, 15) is 0 Å². The highest BCUT2D eigenvalue weighted by atomic mass is 32.1. The summed E-state index contributed by atoms with van der Waals surface area (Å²) in [6.07, 6.45) is 3.66. The smallest absolute Gasteiger partial charge is 0.0578 e. The molecule has 0 aromatic carbocycles. The van der Waals surface area contributed by atoms with Crippen molar-refractivity contribution in [2.75, 3.05) is 0 Å². The zero-order valence-electron chi connectivity index (χ0n) is 7.50. The van der Waals surface area contributed by atoms with E-state index in [0.717, 1.165) is 11.1 Å². The minimum Gasteiger partial charge on any atom is -0.200 e. The first kappa shape index (κ1) is 9.20. The van der Waals surface area contributed by atoms with E-state index in [1.807, 2.05) is 12.3 Å². The van der Waals surface area contributed by atoms with Gasteiger partial charge in [-0.2, -0.15) is 4.37 Å². The summed E-state index contributed by atoms with van der Waals surface area (Å²) in [5, 5.41) is 0. The maximum Gasteiger partial charge on any atom is 0.0578 e. The van der Waals surface area contributed by atoms with Gasteiger partial charge >= 0.3 is 0 Å². The number of hydrogen-bond acceptors (Lipinski definition) is 2. The molecule has 0 fully saturated rings. The number of nitrogens with zero attached hydrogens (tertiary/aromatic N) is 1. The molecule has 1 aromatic rings. The molecule has 0 aliphatic rings. The summed E-state index contributed by atoms with van der Waals surface area (Å²) in [6, 6.07) is 0. The Morgan fingerprint density at radius 3 is 2.83 bits per heavy atom. The lowest BCUT2D eigenvalue weighted by Gasteiger charge is -2.06. The second-order valence-electron chi connectivity index (χ2n) is 2.99. The molecule has 0 aliphatic heterocycles. The predicted octanol–water partition coefficient (Wildman–Crippen LogP) is 3.46. The molecule has 0 unspecified atom stereocenters. The summed E-state index contributed by atoms with van der Waals surface area (Å²) < 4.78 is 4.11. The normalized spacial score (nSPS) is 10.2. The lowest BCUT2D eigenvalue weighted by atomic mass is 10.0. The van der Waals surface area contributed by atoms with E-state index >= 15 is 0 Å². The summed E-state index contributed by atoms with van der Waals surface area (Å²) in [4.78, 5) is 1.17. The van der Waals surface area contributed by atoms with Gasteiger partial charge in [0.1, 0.15) is 0 Å². The van der Waals surface area contributed by atoms with Crippen molar-refractivity contribution in [3.63, 3.8) is 0 Å². The Morgan fingerprint density at radius 2 is 2.33 bits per heavy atom. The van der Waals surface area contributed by atoms with Crippen molar-refractivity contribution in [1.82, 2.24) is 4.37 Å². The van der Waals surface area contributed by atoms with Gasteiger partial charge in [0.25, 0.3) is 0 Å². The number of hydrogen-bond donors (Lipinski definition) is 0. The van der Waals surface area contributed by atoms with Crippen LogP contribution in [0.15, 0.2) is 19.4 Å². The van der Waals surface area contributed by atoms with Gasteiger partial charge in [-0.15, -0.1) is 0 Å². The van der Waals surface area contributed by atoms with Crippen molar-refractivity contribution in [2.45, 2.75) is 13.8 Å². The molecule has 0 atom stereocenters. The molecule has 64 valence electrons. The van der Waals surface area contributed by atoms with Gasteiger partial charge in [-0.3, -0.25) is 0 Å². The average Bonchev–Trinajstić information content (AvgIpc) is 2.49. The molecule has 1 aromatic heterocycles. The summed E-state index contributed by atoms with van der Waals surface area (Å²) in [5.41, 5.74) is 2.24. The topological polar surface area (TPSA) is 12.9 Å². The van der Waals surface area contributed by atoms with Gasteiger partial charge in [-0.1, -0.05) is 33.1 Å². The van der Waals surface area contributed by atoms with Gasteiger partial charge in [-0.25, -0.2) is 0 Å². The highest BCUT2D eigenvalue weighted by Gasteiger charge is 2.09. The molecule has 0 radical (unpaired) electrons. The van der Waals surface area contributed by atoms with Crippen molar-refractivity contribution < 1.29 is 0 Å². The number of aromatic nitrogens is 1. The molecule has 1 heterocycles. The van der Waals surface area contributed by atoms with E-state index in [1.54, 1.807) is 0 Å². The van der Waals surface area contributed by atoms with Gasteiger partial charge in [-0.05, 0) is 23.0 Å². The minimum absolute atomic E-state index is 0.476. The van der Waals surface area contributed by atoms with Gasteiger partial charge in [0.05, 0.1) is 4.88 Å². The fourth-order valence-corrected chi connectivity index (χ4v) is 1.76. The first-order chi connectivity index (χ1) is 5.66. The van der Waals surface area contributed by atoms with E-state index < -0.39 is 0 Å². The highest BCUT2D eigenvalue weighted by molar-refractivity contribution is 7.07. The van der Waals surface area contributed by atoms with E-state index in [1.165, 1.54) is 16.4 Å². The molecule has 0 saturated carbocycles. The highest BCUT2D eigenvalue weighted by Crippen LogP contribution is 2.27. The third-order valence-corrected chi connectivity index (χ3v) is 2.70. The van der Waals surface area contributed by atoms with Crippen molar-refractivity contribution in [2.24, 2.45) is 5.92 Å². The molecule has 2 heteroatoms. The maximum atomic E-state index is 4.11. The van der Waals surface area contributed by atoms with Crippen molar-refractivity contribution in [3.05, 3.63) is 29.8 Å². The van der Waals surface area contributed by atoms with Gasteiger partial charge in [0.15, 0.2) is 0 Å². The van der Waals surface area contributed by atoms with Crippen LogP contribution in [0.1, 0.15) is 24.3 Å². The molecular formula is C10H13NS. The SMILES string of the molecule is C=Cc1cnsc1C(=C)C(C)C. The Hall–Kier alpha value is -0.890. The van der Waals surface area contributed by atoms with Crippen LogP contribution in [0.25, 0.3) is 11.6 Å². The van der Waals surface area contributed by atoms with Crippen molar-refractivity contribution >= 4 is 23.2 Å². The minimum atomic E-state index is 0.476. The zero-order chi connectivity index (χ0) is 9.14. The average molecular weight is 179 g/mol. The van der Waals surface area contributed by atoms with Crippen LogP contribution < -0.4 is 0 Å². The van der Waals surface area contributed by atoms with Crippen LogP contribution in [0.3, 0.4) is 0 Å². The third-order valence-electron chi connectivity index (χ3n) is 1.81. The quantitative estimate of drug-likeness (QED) is 0.692. The van der Waals surface area contributed by atoms with Crippen molar-refractivity contribution in [3.8, 4) is 0 Å². The summed E-state index contributed by atoms with van der Waals surface area (Å²) in [7, 11) is 0. The largest absolute Gasteiger partial charge is 0.200 e. The fourth-order valence-electron chi connectivity index (χ4n) is 0.899. The summed E-state index contributed by atoms with van der Waals surface area (Å²) >= 11 is 1.49. The van der Waals surface area contributed by atoms with Crippen LogP contribution in [0.2, 0.25) is 0 Å². The van der Waals surface area contributed by atoms with Crippen LogP contribution in [0.5, 0.6) is 0 Å². The van der Waals surface area contributed by atoms with E-state index in [-0.39, 0.29) is 0 Å². The lowest BCUT2D eigenvalue weighted by molar-refractivity contribution is 0.860. The molecule has 1 rings (SSSR count). The second-order valence-corrected chi connectivity index (χ2v) is 3.80. The standard InChI is InChI=1S/C10H13NS/c1-5-9-6-11-12-10(9)8(4)7(2)3/h5-7H,1,4H2,2-3H3. The van der Waals surface area contributed by atoms with Crippen LogP contribution in [0, 0.1) is 5.92 Å². The Morgan fingerprint density at radius 1 is 1.67 bits per heavy atom. The lowest BCUT2D eigenvalue weighted by Crippen LogP contribution is -1.90. The van der Waals surface area contributed by atoms with Crippen molar-refractivity contribution in [1.29, 1.82) is 0 Å². The Bertz CT molecular complexity index is 297. The number of allylic oxidation sites excluding steroid dienone is 1. The number of rotatable bonds is 3. The second kappa shape index (κ2) is 3.68. The fraction of sp³-hybridized carbons (Fsp3) is 0.300. The molecule has 0 saturated heterocycles. The molecule has 12 heavy (non-hydrogen) atoms. The Balaban J connectivity index is 3.01. The van der Waals surface area contributed by atoms with E-state index in [4.69, 9.17) is 0 Å². The van der Waals surface area contributed by atoms with Gasteiger partial charge in [0, 0.05) is 11.8 Å². The Labute approximate surface area is 77.6 Å². The first-order valence-corrected chi connectivity index (χ1v) is 4.70. The van der Waals surface area contributed by atoms with Crippen LogP contribution >= 0.6 is 11.5 Å².